The summed E-state index contributed by atoms with van der Waals surface area (Å²) in [6.07, 6.45) is 1.31. The molecule has 30 heavy (non-hydrogen) atoms. The topological polar surface area (TPSA) is 85.2 Å². The Labute approximate surface area is 176 Å². The van der Waals surface area contributed by atoms with Crippen LogP contribution in [0.3, 0.4) is 0 Å². The number of carbonyl (C=O) groups excluding carboxylic acids is 2. The molecule has 0 fully saturated rings. The van der Waals surface area contributed by atoms with Crippen molar-refractivity contribution in [3.8, 4) is 0 Å². The second kappa shape index (κ2) is 11.1. The molecule has 0 radical (unpaired) electrons. The third-order valence-corrected chi connectivity index (χ3v) is 4.70. The third kappa shape index (κ3) is 5.90. The number of imidazole rings is 1. The summed E-state index contributed by atoms with van der Waals surface area (Å²) < 4.78 is 7.21. The molecule has 0 aliphatic rings. The van der Waals surface area contributed by atoms with Gasteiger partial charge in [0.15, 0.2) is 0 Å². The van der Waals surface area contributed by atoms with Gasteiger partial charge in [0.05, 0.1) is 11.0 Å². The molecule has 7 heteroatoms. The number of hydrogen-bond donors (Lipinski definition) is 2. The molecule has 3 aromatic rings. The third-order valence-electron chi connectivity index (χ3n) is 4.70. The molecule has 2 aromatic carbocycles. The smallest absolute Gasteiger partial charge is 0.251 e. The molecule has 7 nitrogen and oxygen atoms in total. The first kappa shape index (κ1) is 21.5. The van der Waals surface area contributed by atoms with Gasteiger partial charge in [0.25, 0.3) is 5.91 Å². The lowest BCUT2D eigenvalue weighted by molar-refractivity contribution is -0.121. The number of hydrogen-bond acceptors (Lipinski definition) is 4. The lowest BCUT2D eigenvalue weighted by Crippen LogP contribution is -2.30. The Balaban J connectivity index is 1.61. The Bertz CT molecular complexity index is 969. The lowest BCUT2D eigenvalue weighted by Gasteiger charge is -2.11. The van der Waals surface area contributed by atoms with Gasteiger partial charge in [-0.1, -0.05) is 30.3 Å². The van der Waals surface area contributed by atoms with Gasteiger partial charge in [-0.05, 0) is 37.6 Å². The number of ether oxygens (including phenoxy) is 1. The number of amides is 2. The summed E-state index contributed by atoms with van der Waals surface area (Å²) in [5.74, 6) is 0.587. The van der Waals surface area contributed by atoms with Crippen LogP contribution in [0.2, 0.25) is 0 Å². The van der Waals surface area contributed by atoms with Crippen LogP contribution < -0.4 is 10.6 Å². The van der Waals surface area contributed by atoms with Gasteiger partial charge >= 0.3 is 0 Å². The van der Waals surface area contributed by atoms with E-state index in [-0.39, 0.29) is 18.4 Å². The fourth-order valence-corrected chi connectivity index (χ4v) is 3.22. The minimum absolute atomic E-state index is 0.0655. The van der Waals surface area contributed by atoms with Crippen molar-refractivity contribution in [2.24, 2.45) is 0 Å². The Morgan fingerprint density at radius 2 is 1.77 bits per heavy atom. The van der Waals surface area contributed by atoms with E-state index in [1.165, 1.54) is 0 Å². The van der Waals surface area contributed by atoms with Crippen molar-refractivity contribution in [3.63, 3.8) is 0 Å². The van der Waals surface area contributed by atoms with Gasteiger partial charge in [0.1, 0.15) is 12.4 Å². The summed E-state index contributed by atoms with van der Waals surface area (Å²) in [5, 5.41) is 5.85. The first-order valence-electron chi connectivity index (χ1n) is 10.3. The van der Waals surface area contributed by atoms with Crippen LogP contribution in [-0.2, 0) is 22.5 Å². The van der Waals surface area contributed by atoms with Crippen molar-refractivity contribution in [2.45, 2.75) is 26.3 Å². The van der Waals surface area contributed by atoms with Gasteiger partial charge in [-0.15, -0.1) is 0 Å². The number of para-hydroxylation sites is 2. The lowest BCUT2D eigenvalue weighted by atomic mass is 10.2. The van der Waals surface area contributed by atoms with E-state index in [9.17, 15) is 9.59 Å². The zero-order valence-corrected chi connectivity index (χ0v) is 17.3. The zero-order valence-electron chi connectivity index (χ0n) is 17.3. The maximum Gasteiger partial charge on any atom is 0.251 e. The van der Waals surface area contributed by atoms with Crippen molar-refractivity contribution in [3.05, 3.63) is 66.0 Å². The van der Waals surface area contributed by atoms with Crippen molar-refractivity contribution in [2.75, 3.05) is 26.3 Å². The molecule has 0 unspecified atom stereocenters. The maximum absolute atomic E-state index is 12.4. The van der Waals surface area contributed by atoms with Gasteiger partial charge in [-0.25, -0.2) is 4.98 Å². The van der Waals surface area contributed by atoms with Crippen LogP contribution in [0.1, 0.15) is 29.5 Å². The predicted octanol–water partition coefficient (Wildman–Crippen LogP) is 2.55. The van der Waals surface area contributed by atoms with Gasteiger partial charge in [-0.2, -0.15) is 0 Å². The summed E-state index contributed by atoms with van der Waals surface area (Å²) in [7, 11) is 0. The van der Waals surface area contributed by atoms with Crippen LogP contribution in [0.4, 0.5) is 0 Å². The monoisotopic (exact) mass is 408 g/mol. The number of nitrogens with one attached hydrogen (secondary N) is 2. The molecule has 0 aliphatic heterocycles. The van der Waals surface area contributed by atoms with Crippen molar-refractivity contribution in [1.29, 1.82) is 0 Å². The summed E-state index contributed by atoms with van der Waals surface area (Å²) in [6.45, 7) is 4.47. The molecular formula is C23H28N4O3. The second-order valence-electron chi connectivity index (χ2n) is 6.88. The molecule has 0 bridgehead atoms. The van der Waals surface area contributed by atoms with Gasteiger partial charge in [0, 0.05) is 38.3 Å². The average molecular weight is 409 g/mol. The summed E-state index contributed by atoms with van der Waals surface area (Å²) in [6, 6.07) is 16.8. The van der Waals surface area contributed by atoms with Gasteiger partial charge in [-0.3, -0.25) is 9.59 Å². The molecule has 3 rings (SSSR count). The number of aromatic nitrogens is 2. The Morgan fingerprint density at radius 1 is 1.00 bits per heavy atom. The standard InChI is InChI=1S/C23H28N4O3/c1-2-30-16-8-14-24-22(28)17-27-20-12-7-6-11-19(20)26-21(27)13-15-25-23(29)18-9-4-3-5-10-18/h3-7,9-12H,2,8,13-17H2,1H3,(H,24,28)(H,25,29). The van der Waals surface area contributed by atoms with Crippen LogP contribution in [-0.4, -0.2) is 47.7 Å². The van der Waals surface area contributed by atoms with Crippen molar-refractivity contribution in [1.82, 2.24) is 20.2 Å². The Morgan fingerprint density at radius 3 is 2.57 bits per heavy atom. The maximum atomic E-state index is 12.4. The van der Waals surface area contributed by atoms with Crippen LogP contribution in [0.15, 0.2) is 54.6 Å². The number of carbonyl (C=O) groups is 2. The largest absolute Gasteiger partial charge is 0.382 e. The van der Waals surface area contributed by atoms with Gasteiger partial charge < -0.3 is 19.9 Å². The fraction of sp³-hybridized carbons (Fsp3) is 0.348. The highest BCUT2D eigenvalue weighted by atomic mass is 16.5. The second-order valence-corrected chi connectivity index (χ2v) is 6.88. The zero-order chi connectivity index (χ0) is 21.2. The van der Waals surface area contributed by atoms with E-state index in [4.69, 9.17) is 4.74 Å². The number of benzene rings is 2. The molecule has 0 saturated heterocycles. The minimum atomic E-state index is -0.120. The van der Waals surface area contributed by atoms with Crippen LogP contribution in [0.5, 0.6) is 0 Å². The van der Waals surface area contributed by atoms with Crippen LogP contribution in [0, 0.1) is 0 Å². The van der Waals surface area contributed by atoms with Crippen molar-refractivity contribution >= 4 is 22.8 Å². The van der Waals surface area contributed by atoms with Crippen LogP contribution in [0.25, 0.3) is 11.0 Å². The van der Waals surface area contributed by atoms with E-state index in [1.54, 1.807) is 12.1 Å². The molecule has 158 valence electrons. The van der Waals surface area contributed by atoms with E-state index in [0.717, 1.165) is 23.3 Å². The predicted molar refractivity (Wildman–Crippen MR) is 116 cm³/mol. The van der Waals surface area contributed by atoms with E-state index >= 15 is 0 Å². The highest BCUT2D eigenvalue weighted by molar-refractivity contribution is 5.94. The van der Waals surface area contributed by atoms with E-state index in [2.05, 4.69) is 15.6 Å². The molecule has 0 saturated carbocycles. The number of fused-ring (bicyclic) bond motifs is 1. The molecule has 1 heterocycles. The number of nitrogens with zero attached hydrogens (tertiary/aromatic N) is 2. The number of rotatable bonds is 11. The molecule has 0 aliphatic carbocycles. The first-order chi connectivity index (χ1) is 14.7. The summed E-state index contributed by atoms with van der Waals surface area (Å²) >= 11 is 0. The molecule has 0 atom stereocenters. The fourth-order valence-electron chi connectivity index (χ4n) is 3.22. The molecule has 1 aromatic heterocycles. The summed E-state index contributed by atoms with van der Waals surface area (Å²) in [4.78, 5) is 29.4. The van der Waals surface area contributed by atoms with E-state index in [1.807, 2.05) is 54.0 Å². The molecule has 2 amide bonds. The Hall–Kier alpha value is -3.19. The molecule has 0 spiro atoms. The van der Waals surface area contributed by atoms with Crippen molar-refractivity contribution < 1.29 is 14.3 Å². The minimum Gasteiger partial charge on any atom is -0.382 e. The molecule has 2 N–H and O–H groups in total. The quantitative estimate of drug-likeness (QED) is 0.478. The van der Waals surface area contributed by atoms with Gasteiger partial charge in [0.2, 0.25) is 5.91 Å². The first-order valence-corrected chi connectivity index (χ1v) is 10.3. The summed E-state index contributed by atoms with van der Waals surface area (Å²) in [5.41, 5.74) is 2.37. The average Bonchev–Trinajstić information content (AvgIpc) is 3.11. The van der Waals surface area contributed by atoms with E-state index in [0.29, 0.717) is 38.3 Å². The normalized spacial score (nSPS) is 10.8. The Kier molecular flexibility index (Phi) is 7.97. The van der Waals surface area contributed by atoms with E-state index < -0.39 is 0 Å². The highest BCUT2D eigenvalue weighted by Crippen LogP contribution is 2.16. The highest BCUT2D eigenvalue weighted by Gasteiger charge is 2.14. The SMILES string of the molecule is CCOCCCNC(=O)Cn1c(CCNC(=O)c2ccccc2)nc2ccccc21. The van der Waals surface area contributed by atoms with Crippen LogP contribution >= 0.6 is 0 Å². The molecular weight excluding hydrogens is 380 g/mol.